The zero-order valence-corrected chi connectivity index (χ0v) is 23.9. The summed E-state index contributed by atoms with van der Waals surface area (Å²) in [7, 11) is 0. The first-order chi connectivity index (χ1) is 17.0. The van der Waals surface area contributed by atoms with E-state index in [2.05, 4.69) is 57.1 Å². The van der Waals surface area contributed by atoms with E-state index in [4.69, 9.17) is 14.2 Å². The van der Waals surface area contributed by atoms with Crippen LogP contribution in [0.2, 0.25) is 0 Å². The van der Waals surface area contributed by atoms with Crippen LogP contribution in [0.25, 0.3) is 0 Å². The average molecular weight is 520 g/mol. The molecule has 3 unspecified atom stereocenters. The van der Waals surface area contributed by atoms with Crippen LogP contribution in [0.3, 0.4) is 0 Å². The smallest absolute Gasteiger partial charge is 0.0900 e. The molecule has 0 radical (unpaired) electrons. The summed E-state index contributed by atoms with van der Waals surface area (Å²) >= 11 is 0. The lowest BCUT2D eigenvalue weighted by Crippen LogP contribution is -2.61. The van der Waals surface area contributed by atoms with E-state index < -0.39 is 23.9 Å². The van der Waals surface area contributed by atoms with Crippen LogP contribution in [0, 0.1) is 17.8 Å². The lowest BCUT2D eigenvalue weighted by Gasteiger charge is -2.47. The second kappa shape index (κ2) is 18.8. The molecule has 9 nitrogen and oxygen atoms in total. The van der Waals surface area contributed by atoms with E-state index in [1.807, 2.05) is 0 Å². The van der Waals surface area contributed by atoms with E-state index in [1.54, 1.807) is 0 Å². The molecule has 0 bridgehead atoms. The van der Waals surface area contributed by atoms with E-state index in [0.29, 0.717) is 70.1 Å². The van der Waals surface area contributed by atoms with Crippen molar-refractivity contribution in [1.82, 2.24) is 15.5 Å². The van der Waals surface area contributed by atoms with E-state index in [0.717, 1.165) is 19.6 Å². The Bertz CT molecular complexity index is 516. The summed E-state index contributed by atoms with van der Waals surface area (Å²) in [6.45, 7) is 19.1. The number of nitrogens with zero attached hydrogens (tertiary/aromatic N) is 1. The fourth-order valence-electron chi connectivity index (χ4n) is 4.58. The fourth-order valence-corrected chi connectivity index (χ4v) is 4.58. The van der Waals surface area contributed by atoms with E-state index in [-0.39, 0.29) is 19.8 Å². The summed E-state index contributed by atoms with van der Waals surface area (Å²) in [4.78, 5) is 2.22. The Hall–Kier alpha value is -0.360. The zero-order valence-electron chi connectivity index (χ0n) is 23.9. The molecule has 1 aliphatic heterocycles. The van der Waals surface area contributed by atoms with Crippen molar-refractivity contribution in [3.8, 4) is 0 Å². The summed E-state index contributed by atoms with van der Waals surface area (Å²) in [5.74, 6) is 1.18. The van der Waals surface area contributed by atoms with Crippen LogP contribution >= 0.6 is 0 Å². The highest BCUT2D eigenvalue weighted by atomic mass is 16.5. The fraction of sp³-hybridized carbons (Fsp3) is 1.00. The first kappa shape index (κ1) is 33.7. The van der Waals surface area contributed by atoms with Gasteiger partial charge in [0.25, 0.3) is 0 Å². The van der Waals surface area contributed by atoms with Crippen LogP contribution < -0.4 is 10.6 Å². The molecule has 1 saturated heterocycles. The van der Waals surface area contributed by atoms with E-state index in [1.165, 1.54) is 0 Å². The van der Waals surface area contributed by atoms with Gasteiger partial charge in [0.05, 0.1) is 38.1 Å². The molecular formula is C27H57N3O6. The minimum Gasteiger partial charge on any atom is -0.391 e. The molecule has 3 atom stereocenters. The Morgan fingerprint density at radius 2 is 1.08 bits per heavy atom. The largest absolute Gasteiger partial charge is 0.391 e. The molecule has 36 heavy (non-hydrogen) atoms. The lowest BCUT2D eigenvalue weighted by atomic mass is 9.83. The predicted octanol–water partition coefficient (Wildman–Crippen LogP) is 1.10. The zero-order chi connectivity index (χ0) is 27.0. The second-order valence-electron chi connectivity index (χ2n) is 11.8. The van der Waals surface area contributed by atoms with Gasteiger partial charge in [0.15, 0.2) is 0 Å². The molecule has 9 heteroatoms. The number of ether oxygens (including phenoxy) is 3. The monoisotopic (exact) mass is 519 g/mol. The molecular weight excluding hydrogens is 462 g/mol. The van der Waals surface area contributed by atoms with Crippen LogP contribution in [0.1, 0.15) is 54.4 Å². The van der Waals surface area contributed by atoms with Gasteiger partial charge in [-0.2, -0.15) is 0 Å². The van der Waals surface area contributed by atoms with Crippen LogP contribution in [-0.4, -0.2) is 123 Å². The van der Waals surface area contributed by atoms with Crippen LogP contribution in [-0.2, 0) is 14.2 Å². The highest BCUT2D eigenvalue weighted by Gasteiger charge is 2.41. The molecule has 0 aliphatic carbocycles. The molecule has 1 rings (SSSR count). The Morgan fingerprint density at radius 3 is 1.56 bits per heavy atom. The van der Waals surface area contributed by atoms with Crippen molar-refractivity contribution < 1.29 is 29.5 Å². The molecule has 0 amide bonds. The Morgan fingerprint density at radius 1 is 0.639 bits per heavy atom. The Kier molecular flexibility index (Phi) is 17.6. The number of nitrogens with one attached hydrogen (secondary N) is 2. The van der Waals surface area contributed by atoms with Gasteiger partial charge >= 0.3 is 0 Å². The minimum atomic E-state index is -0.695. The first-order valence-electron chi connectivity index (χ1n) is 14.0. The van der Waals surface area contributed by atoms with E-state index >= 15 is 0 Å². The first-order valence-corrected chi connectivity index (χ1v) is 14.0. The van der Waals surface area contributed by atoms with Gasteiger partial charge in [-0.1, -0.05) is 41.5 Å². The number of rotatable bonds is 18. The summed E-state index contributed by atoms with van der Waals surface area (Å²) in [6, 6.07) is 0. The maximum absolute atomic E-state index is 11.0. The van der Waals surface area contributed by atoms with Crippen molar-refractivity contribution in [2.45, 2.75) is 78.2 Å². The third kappa shape index (κ3) is 15.1. The van der Waals surface area contributed by atoms with Crippen molar-refractivity contribution in [1.29, 1.82) is 0 Å². The Balaban J connectivity index is 3.07. The van der Waals surface area contributed by atoms with Gasteiger partial charge in [0.1, 0.15) is 0 Å². The van der Waals surface area contributed by atoms with Gasteiger partial charge in [-0.25, -0.2) is 0 Å². The Labute approximate surface area is 220 Å². The standard InChI is InChI=1S/C27H57N3O6/c1-21(2)14-34-17-24(31)11-27(12-25(32)18-35-15-22(3)4)20-29-8-7-28-9-10-30(27)13-26(33)19-36-16-23(5)6/h21-26,28-29,31-33H,7-20H2,1-6H3. The second-order valence-corrected chi connectivity index (χ2v) is 11.8. The van der Waals surface area contributed by atoms with Crippen molar-refractivity contribution in [3.63, 3.8) is 0 Å². The molecule has 0 aromatic carbocycles. The van der Waals surface area contributed by atoms with Crippen LogP contribution in [0.5, 0.6) is 0 Å². The number of aliphatic hydroxyl groups is 3. The van der Waals surface area contributed by atoms with Crippen molar-refractivity contribution >= 4 is 0 Å². The quantitative estimate of drug-likeness (QED) is 0.182. The minimum absolute atomic E-state index is 0.242. The third-order valence-electron chi connectivity index (χ3n) is 6.11. The van der Waals surface area contributed by atoms with Crippen molar-refractivity contribution in [3.05, 3.63) is 0 Å². The van der Waals surface area contributed by atoms with Gasteiger partial charge in [-0.3, -0.25) is 4.90 Å². The number of hydrogen-bond acceptors (Lipinski definition) is 9. The normalized spacial score (nSPS) is 23.0. The number of aliphatic hydroxyl groups excluding tert-OH is 3. The molecule has 1 heterocycles. The van der Waals surface area contributed by atoms with Gasteiger partial charge < -0.3 is 40.2 Å². The molecule has 0 aromatic rings. The molecule has 5 N–H and O–H groups in total. The van der Waals surface area contributed by atoms with Gasteiger partial charge in [-0.05, 0) is 30.6 Å². The van der Waals surface area contributed by atoms with Crippen molar-refractivity contribution in [2.75, 3.05) is 78.9 Å². The molecule has 1 aliphatic rings. The molecule has 1 fully saturated rings. The molecule has 0 spiro atoms. The maximum Gasteiger partial charge on any atom is 0.0900 e. The van der Waals surface area contributed by atoms with Gasteiger partial charge in [0.2, 0.25) is 0 Å². The average Bonchev–Trinajstić information content (AvgIpc) is 2.84. The summed E-state index contributed by atoms with van der Waals surface area (Å²) in [5.41, 5.74) is -0.591. The topological polar surface area (TPSA) is 116 Å². The maximum atomic E-state index is 11.0. The summed E-state index contributed by atoms with van der Waals surface area (Å²) in [6.07, 6.45) is -1.23. The SMILES string of the molecule is CC(C)COCC(O)CN1CCNCCNCC1(CC(O)COCC(C)C)CC(O)COCC(C)C. The summed E-state index contributed by atoms with van der Waals surface area (Å²) in [5, 5.41) is 39.9. The third-order valence-corrected chi connectivity index (χ3v) is 6.11. The van der Waals surface area contributed by atoms with Gasteiger partial charge in [-0.15, -0.1) is 0 Å². The lowest BCUT2D eigenvalue weighted by molar-refractivity contribution is -0.0684. The van der Waals surface area contributed by atoms with Crippen LogP contribution in [0.4, 0.5) is 0 Å². The molecule has 0 saturated carbocycles. The summed E-state index contributed by atoms with van der Waals surface area (Å²) < 4.78 is 17.2. The van der Waals surface area contributed by atoms with Gasteiger partial charge in [0, 0.05) is 64.6 Å². The highest BCUT2D eigenvalue weighted by Crippen LogP contribution is 2.29. The predicted molar refractivity (Wildman–Crippen MR) is 144 cm³/mol. The van der Waals surface area contributed by atoms with E-state index in [9.17, 15) is 15.3 Å². The molecule has 0 aromatic heterocycles. The molecule has 216 valence electrons. The number of β-amino-alcohol motifs (C(OH)–C–C–N with tert-alkyl or cyclic N) is 1. The number of hydrogen-bond donors (Lipinski definition) is 5. The van der Waals surface area contributed by atoms with Crippen LogP contribution in [0.15, 0.2) is 0 Å². The highest BCUT2D eigenvalue weighted by molar-refractivity contribution is 4.98. The van der Waals surface area contributed by atoms with Crippen molar-refractivity contribution in [2.24, 2.45) is 17.8 Å².